The first kappa shape index (κ1) is 7.16. The largest absolute Gasteiger partial charge is 0.303 e. The van der Waals surface area contributed by atoms with Crippen molar-refractivity contribution in [3.63, 3.8) is 0 Å². The molecule has 1 unspecified atom stereocenters. The normalized spacial score (nSPS) is 12.0. The summed E-state index contributed by atoms with van der Waals surface area (Å²) in [5.41, 5.74) is 0. The molecule has 0 aliphatic rings. The molecule has 8 heavy (non-hydrogen) atoms. The topological polar surface area (TPSA) is 40.9 Å². The molecule has 44 valence electrons. The van der Waals surface area contributed by atoms with Crippen molar-refractivity contribution in [2.75, 3.05) is 0 Å². The highest BCUT2D eigenvalue weighted by atomic mass is 16.1. The molecule has 0 aromatic rings. The average molecular weight is 111 g/mol. The Morgan fingerprint density at radius 2 is 2.50 bits per heavy atom. The maximum atomic E-state index is 9.78. The van der Waals surface area contributed by atoms with Gasteiger partial charge in [0, 0.05) is 12.8 Å². The van der Waals surface area contributed by atoms with Gasteiger partial charge in [0.1, 0.15) is 6.29 Å². The van der Waals surface area contributed by atoms with E-state index >= 15 is 0 Å². The van der Waals surface area contributed by atoms with Gasteiger partial charge >= 0.3 is 0 Å². The van der Waals surface area contributed by atoms with E-state index in [2.05, 4.69) is 0 Å². The van der Waals surface area contributed by atoms with E-state index < -0.39 is 0 Å². The van der Waals surface area contributed by atoms with E-state index in [9.17, 15) is 4.79 Å². The molecule has 0 aromatic heterocycles. The zero-order valence-electron chi connectivity index (χ0n) is 4.92. The highest BCUT2D eigenvalue weighted by Gasteiger charge is 1.96. The molecular formula is C6H9NO. The molecule has 2 nitrogen and oxygen atoms in total. The first-order valence-corrected chi connectivity index (χ1v) is 2.61. The number of nitriles is 1. The fraction of sp³-hybridized carbons (Fsp3) is 0.667. The Kier molecular flexibility index (Phi) is 3.87. The number of carbonyl (C=O) groups is 1. The fourth-order valence-electron chi connectivity index (χ4n) is 0.403. The van der Waals surface area contributed by atoms with Gasteiger partial charge in [-0.1, -0.05) is 6.92 Å². The molecule has 2 heteroatoms. The van der Waals surface area contributed by atoms with Gasteiger partial charge in [-0.3, -0.25) is 0 Å². The van der Waals surface area contributed by atoms with Crippen molar-refractivity contribution in [1.29, 1.82) is 5.26 Å². The van der Waals surface area contributed by atoms with Crippen LogP contribution >= 0.6 is 0 Å². The maximum absolute atomic E-state index is 9.78. The molecule has 0 fully saturated rings. The van der Waals surface area contributed by atoms with Crippen LogP contribution in [-0.2, 0) is 4.79 Å². The Morgan fingerprint density at radius 3 is 2.88 bits per heavy atom. The Hall–Kier alpha value is -0.840. The third kappa shape index (κ3) is 3.35. The lowest BCUT2D eigenvalue weighted by molar-refractivity contribution is -0.108. The lowest BCUT2D eigenvalue weighted by Gasteiger charge is -1.96. The molecule has 0 saturated heterocycles. The summed E-state index contributed by atoms with van der Waals surface area (Å²) >= 11 is 0. The van der Waals surface area contributed by atoms with Crippen LogP contribution in [0.25, 0.3) is 0 Å². The summed E-state index contributed by atoms with van der Waals surface area (Å²) in [5, 5.41) is 8.10. The average Bonchev–Trinajstić information content (AvgIpc) is 1.68. The van der Waals surface area contributed by atoms with E-state index in [0.29, 0.717) is 12.8 Å². The predicted molar refractivity (Wildman–Crippen MR) is 30.1 cm³/mol. The van der Waals surface area contributed by atoms with Crippen LogP contribution in [-0.4, -0.2) is 6.29 Å². The lowest BCUT2D eigenvalue weighted by Crippen LogP contribution is -1.91. The van der Waals surface area contributed by atoms with Crippen molar-refractivity contribution < 1.29 is 4.79 Å². The van der Waals surface area contributed by atoms with Crippen molar-refractivity contribution in [1.82, 2.24) is 0 Å². The summed E-state index contributed by atoms with van der Waals surface area (Å²) in [6.07, 6.45) is 1.84. The maximum Gasteiger partial charge on any atom is 0.120 e. The molecule has 1 atom stereocenters. The second-order valence-corrected chi connectivity index (χ2v) is 1.87. The van der Waals surface area contributed by atoms with Crippen LogP contribution in [0.1, 0.15) is 19.8 Å². The van der Waals surface area contributed by atoms with Gasteiger partial charge in [0.15, 0.2) is 0 Å². The highest BCUT2D eigenvalue weighted by Crippen LogP contribution is 2.02. The minimum Gasteiger partial charge on any atom is -0.303 e. The summed E-state index contributed by atoms with van der Waals surface area (Å²) in [5.74, 6) is 0.234. The molecule has 0 rings (SSSR count). The lowest BCUT2D eigenvalue weighted by atomic mass is 10.1. The fourth-order valence-corrected chi connectivity index (χ4v) is 0.403. The molecular weight excluding hydrogens is 102 g/mol. The number of rotatable bonds is 3. The summed E-state index contributed by atoms with van der Waals surface area (Å²) in [7, 11) is 0. The van der Waals surface area contributed by atoms with Gasteiger partial charge in [-0.15, -0.1) is 0 Å². The molecule has 0 spiro atoms. The van der Waals surface area contributed by atoms with E-state index in [0.717, 1.165) is 6.29 Å². The molecule has 0 N–H and O–H groups in total. The summed E-state index contributed by atoms with van der Waals surface area (Å²) in [6.45, 7) is 1.89. The molecule has 0 heterocycles. The first-order chi connectivity index (χ1) is 3.81. The third-order valence-electron chi connectivity index (χ3n) is 0.938. The van der Waals surface area contributed by atoms with Crippen LogP contribution in [0.4, 0.5) is 0 Å². The Balaban J connectivity index is 3.20. The standard InChI is InChI=1S/C6H9NO/c1-6(2-4-7)3-5-8/h5-6H,2-3H2,1H3. The van der Waals surface area contributed by atoms with E-state index in [-0.39, 0.29) is 5.92 Å². The van der Waals surface area contributed by atoms with E-state index in [4.69, 9.17) is 5.26 Å². The van der Waals surface area contributed by atoms with Crippen molar-refractivity contribution in [3.8, 4) is 6.07 Å². The first-order valence-electron chi connectivity index (χ1n) is 2.61. The van der Waals surface area contributed by atoms with Gasteiger partial charge in [0.2, 0.25) is 0 Å². The SMILES string of the molecule is CC(CC#N)CC=O. The zero-order chi connectivity index (χ0) is 6.41. The van der Waals surface area contributed by atoms with E-state index in [1.54, 1.807) is 0 Å². The molecule has 0 radical (unpaired) electrons. The number of nitrogens with zero attached hydrogens (tertiary/aromatic N) is 1. The molecule has 0 amide bonds. The summed E-state index contributed by atoms with van der Waals surface area (Å²) < 4.78 is 0. The van der Waals surface area contributed by atoms with Gasteiger partial charge in [0.25, 0.3) is 0 Å². The van der Waals surface area contributed by atoms with Gasteiger partial charge in [-0.2, -0.15) is 5.26 Å². The molecule has 0 aromatic carbocycles. The Morgan fingerprint density at radius 1 is 1.88 bits per heavy atom. The minimum absolute atomic E-state index is 0.234. The number of hydrogen-bond acceptors (Lipinski definition) is 2. The van der Waals surface area contributed by atoms with Crippen molar-refractivity contribution in [3.05, 3.63) is 0 Å². The summed E-state index contributed by atoms with van der Waals surface area (Å²) in [4.78, 5) is 9.78. The minimum atomic E-state index is 0.234. The smallest absolute Gasteiger partial charge is 0.120 e. The quantitative estimate of drug-likeness (QED) is 0.512. The zero-order valence-corrected chi connectivity index (χ0v) is 4.92. The number of hydrogen-bond donors (Lipinski definition) is 0. The molecule has 0 aliphatic heterocycles. The van der Waals surface area contributed by atoms with Crippen molar-refractivity contribution in [2.24, 2.45) is 5.92 Å². The molecule has 0 bridgehead atoms. The van der Waals surface area contributed by atoms with Crippen LogP contribution in [0.15, 0.2) is 0 Å². The van der Waals surface area contributed by atoms with Crippen LogP contribution < -0.4 is 0 Å². The second-order valence-electron chi connectivity index (χ2n) is 1.87. The molecule has 0 aliphatic carbocycles. The number of aldehydes is 1. The van der Waals surface area contributed by atoms with Crippen molar-refractivity contribution >= 4 is 6.29 Å². The van der Waals surface area contributed by atoms with Crippen LogP contribution in [0.5, 0.6) is 0 Å². The van der Waals surface area contributed by atoms with Crippen molar-refractivity contribution in [2.45, 2.75) is 19.8 Å². The Labute approximate surface area is 49.1 Å². The monoisotopic (exact) mass is 111 g/mol. The van der Waals surface area contributed by atoms with Gasteiger partial charge < -0.3 is 4.79 Å². The van der Waals surface area contributed by atoms with Crippen LogP contribution in [0.3, 0.4) is 0 Å². The third-order valence-corrected chi connectivity index (χ3v) is 0.938. The molecule has 0 saturated carbocycles. The van der Waals surface area contributed by atoms with Gasteiger partial charge in [-0.25, -0.2) is 0 Å². The Bertz CT molecular complexity index is 104. The van der Waals surface area contributed by atoms with Gasteiger partial charge in [-0.05, 0) is 5.92 Å². The second kappa shape index (κ2) is 4.32. The van der Waals surface area contributed by atoms with Crippen LogP contribution in [0, 0.1) is 17.2 Å². The van der Waals surface area contributed by atoms with E-state index in [1.165, 1.54) is 0 Å². The number of carbonyl (C=O) groups excluding carboxylic acids is 1. The van der Waals surface area contributed by atoms with E-state index in [1.807, 2.05) is 13.0 Å². The predicted octanol–water partition coefficient (Wildman–Crippen LogP) is 1.13. The highest BCUT2D eigenvalue weighted by molar-refractivity contribution is 5.49. The van der Waals surface area contributed by atoms with Crippen LogP contribution in [0.2, 0.25) is 0 Å². The summed E-state index contributed by atoms with van der Waals surface area (Å²) in [6, 6.07) is 1.99. The van der Waals surface area contributed by atoms with Gasteiger partial charge in [0.05, 0.1) is 6.07 Å².